The second kappa shape index (κ2) is 6.22. The van der Waals surface area contributed by atoms with Crippen LogP contribution in [0.4, 0.5) is 5.69 Å². The van der Waals surface area contributed by atoms with E-state index in [0.29, 0.717) is 13.1 Å². The molecule has 20 heavy (non-hydrogen) atoms. The lowest BCUT2D eigenvalue weighted by atomic mass is 10.2. The second-order valence-electron chi connectivity index (χ2n) is 4.77. The Bertz CT molecular complexity index is 679. The Hall–Kier alpha value is -1.62. The van der Waals surface area contributed by atoms with Crippen molar-refractivity contribution in [3.8, 4) is 0 Å². The van der Waals surface area contributed by atoms with Gasteiger partial charge in [-0.25, -0.2) is 4.79 Å². The molecule has 0 atom stereocenters. The number of aryl methyl sites for hydroxylation is 2. The molecule has 0 amide bonds. The maximum absolute atomic E-state index is 11.9. The summed E-state index contributed by atoms with van der Waals surface area (Å²) in [5.41, 5.74) is 3.73. The Kier molecular flexibility index (Phi) is 4.60. The summed E-state index contributed by atoms with van der Waals surface area (Å²) >= 11 is 3.47. The summed E-state index contributed by atoms with van der Waals surface area (Å²) in [6.07, 6.45) is 0. The number of hydrogen-bond acceptors (Lipinski definition) is 3. The van der Waals surface area contributed by atoms with Crippen molar-refractivity contribution in [2.24, 2.45) is 0 Å². The van der Waals surface area contributed by atoms with E-state index in [4.69, 9.17) is 0 Å². The van der Waals surface area contributed by atoms with Crippen molar-refractivity contribution < 1.29 is 0 Å². The highest BCUT2D eigenvalue weighted by Gasteiger charge is 2.08. The van der Waals surface area contributed by atoms with E-state index in [-0.39, 0.29) is 5.69 Å². The Morgan fingerprint density at radius 2 is 1.95 bits per heavy atom. The van der Waals surface area contributed by atoms with E-state index in [1.807, 2.05) is 32.0 Å². The van der Waals surface area contributed by atoms with E-state index in [1.54, 1.807) is 4.57 Å². The molecule has 2 rings (SSSR count). The number of nitrogens with zero attached hydrogens (tertiary/aromatic N) is 2. The summed E-state index contributed by atoms with van der Waals surface area (Å²) < 4.78 is 2.58. The number of rotatable bonds is 4. The summed E-state index contributed by atoms with van der Waals surface area (Å²) in [5, 5.41) is 3.35. The van der Waals surface area contributed by atoms with Crippen molar-refractivity contribution in [3.05, 3.63) is 56.2 Å². The van der Waals surface area contributed by atoms with Gasteiger partial charge < -0.3 is 5.32 Å². The normalized spacial score (nSPS) is 10.6. The smallest absolute Gasteiger partial charge is 0.348 e. The predicted molar refractivity (Wildman–Crippen MR) is 85.3 cm³/mol. The first kappa shape index (κ1) is 14.8. The molecule has 0 saturated heterocycles. The van der Waals surface area contributed by atoms with Crippen molar-refractivity contribution in [1.82, 2.24) is 9.55 Å². The van der Waals surface area contributed by atoms with E-state index in [1.165, 1.54) is 5.56 Å². The Labute approximate surface area is 127 Å². The quantitative estimate of drug-likeness (QED) is 0.934. The molecule has 0 aliphatic rings. The molecule has 0 fully saturated rings. The fraction of sp³-hybridized carbons (Fsp3) is 0.333. The standard InChI is InChI=1S/C15H18BrN3O/c1-10-6-4-5-7-13(10)17-8-9-19-12(3)14(16)11(2)18-15(19)20/h4-7,17H,8-9H2,1-3H3. The van der Waals surface area contributed by atoms with Gasteiger partial charge in [-0.2, -0.15) is 4.98 Å². The van der Waals surface area contributed by atoms with E-state index >= 15 is 0 Å². The number of halogens is 1. The van der Waals surface area contributed by atoms with Crippen LogP contribution in [0, 0.1) is 20.8 Å². The minimum absolute atomic E-state index is 0.199. The third-order valence-electron chi connectivity index (χ3n) is 3.33. The molecule has 0 spiro atoms. The van der Waals surface area contributed by atoms with E-state index < -0.39 is 0 Å². The lowest BCUT2D eigenvalue weighted by Gasteiger charge is -2.14. The van der Waals surface area contributed by atoms with Crippen LogP contribution in [0.15, 0.2) is 33.5 Å². The Morgan fingerprint density at radius 1 is 1.25 bits per heavy atom. The maximum atomic E-state index is 11.9. The van der Waals surface area contributed by atoms with Gasteiger partial charge in [0.15, 0.2) is 0 Å². The first-order valence-electron chi connectivity index (χ1n) is 6.53. The highest BCUT2D eigenvalue weighted by molar-refractivity contribution is 9.10. The molecule has 1 aromatic carbocycles. The van der Waals surface area contributed by atoms with E-state index in [9.17, 15) is 4.79 Å². The molecule has 0 saturated carbocycles. The van der Waals surface area contributed by atoms with Crippen LogP contribution in [0.25, 0.3) is 0 Å². The summed E-state index contributed by atoms with van der Waals surface area (Å²) in [5.74, 6) is 0. The van der Waals surface area contributed by atoms with Crippen LogP contribution in [-0.2, 0) is 6.54 Å². The molecule has 106 valence electrons. The molecule has 5 heteroatoms. The first-order chi connectivity index (χ1) is 9.50. The van der Waals surface area contributed by atoms with Crippen LogP contribution in [0.1, 0.15) is 17.0 Å². The molecule has 1 N–H and O–H groups in total. The molecule has 0 aliphatic carbocycles. The van der Waals surface area contributed by atoms with Crippen molar-refractivity contribution >= 4 is 21.6 Å². The summed E-state index contributed by atoms with van der Waals surface area (Å²) in [6, 6.07) is 8.10. The van der Waals surface area contributed by atoms with Crippen LogP contribution in [0.3, 0.4) is 0 Å². The number of anilines is 1. The van der Waals surface area contributed by atoms with Crippen LogP contribution in [0.2, 0.25) is 0 Å². The third-order valence-corrected chi connectivity index (χ3v) is 4.48. The molecule has 0 unspecified atom stereocenters. The Morgan fingerprint density at radius 3 is 2.65 bits per heavy atom. The number of hydrogen-bond donors (Lipinski definition) is 1. The minimum Gasteiger partial charge on any atom is -0.383 e. The largest absolute Gasteiger partial charge is 0.383 e. The number of aromatic nitrogens is 2. The van der Waals surface area contributed by atoms with Gasteiger partial charge in [0.1, 0.15) is 0 Å². The number of para-hydroxylation sites is 1. The van der Waals surface area contributed by atoms with Gasteiger partial charge in [0.25, 0.3) is 0 Å². The summed E-state index contributed by atoms with van der Waals surface area (Å²) in [4.78, 5) is 15.9. The summed E-state index contributed by atoms with van der Waals surface area (Å²) in [6.45, 7) is 7.08. The fourth-order valence-corrected chi connectivity index (χ4v) is 2.42. The SMILES string of the molecule is Cc1ccccc1NCCn1c(C)c(Br)c(C)nc1=O. The second-order valence-corrected chi connectivity index (χ2v) is 5.57. The van der Waals surface area contributed by atoms with Gasteiger partial charge in [-0.3, -0.25) is 4.57 Å². The monoisotopic (exact) mass is 335 g/mol. The van der Waals surface area contributed by atoms with E-state index in [2.05, 4.69) is 39.2 Å². The zero-order chi connectivity index (χ0) is 14.7. The molecular formula is C15H18BrN3O. The lowest BCUT2D eigenvalue weighted by Crippen LogP contribution is -2.29. The zero-order valence-electron chi connectivity index (χ0n) is 11.9. The van der Waals surface area contributed by atoms with Crippen molar-refractivity contribution in [2.75, 3.05) is 11.9 Å². The van der Waals surface area contributed by atoms with Gasteiger partial charge in [-0.1, -0.05) is 18.2 Å². The summed E-state index contributed by atoms with van der Waals surface area (Å²) in [7, 11) is 0. The maximum Gasteiger partial charge on any atom is 0.348 e. The van der Waals surface area contributed by atoms with Crippen molar-refractivity contribution in [3.63, 3.8) is 0 Å². The lowest BCUT2D eigenvalue weighted by molar-refractivity contribution is 0.643. The molecule has 4 nitrogen and oxygen atoms in total. The first-order valence-corrected chi connectivity index (χ1v) is 7.33. The van der Waals surface area contributed by atoms with Gasteiger partial charge in [0.2, 0.25) is 0 Å². The number of benzene rings is 1. The molecule has 0 radical (unpaired) electrons. The van der Waals surface area contributed by atoms with E-state index in [0.717, 1.165) is 21.5 Å². The molecule has 1 aromatic heterocycles. The highest BCUT2D eigenvalue weighted by Crippen LogP contribution is 2.17. The Balaban J connectivity index is 2.11. The van der Waals surface area contributed by atoms with Gasteiger partial charge in [0, 0.05) is 24.5 Å². The van der Waals surface area contributed by atoms with Gasteiger partial charge >= 0.3 is 5.69 Å². The highest BCUT2D eigenvalue weighted by atomic mass is 79.9. The number of nitrogens with one attached hydrogen (secondary N) is 1. The van der Waals surface area contributed by atoms with Gasteiger partial charge in [-0.05, 0) is 48.3 Å². The van der Waals surface area contributed by atoms with Crippen molar-refractivity contribution in [1.29, 1.82) is 0 Å². The van der Waals surface area contributed by atoms with Crippen LogP contribution in [-0.4, -0.2) is 16.1 Å². The predicted octanol–water partition coefficient (Wildman–Crippen LogP) is 3.04. The van der Waals surface area contributed by atoms with Gasteiger partial charge in [-0.15, -0.1) is 0 Å². The average Bonchev–Trinajstić information content (AvgIpc) is 2.42. The van der Waals surface area contributed by atoms with Crippen molar-refractivity contribution in [2.45, 2.75) is 27.3 Å². The average molecular weight is 336 g/mol. The molecule has 0 aliphatic heterocycles. The van der Waals surface area contributed by atoms with Crippen LogP contribution < -0.4 is 11.0 Å². The molecular weight excluding hydrogens is 318 g/mol. The van der Waals surface area contributed by atoms with Crippen LogP contribution >= 0.6 is 15.9 Å². The molecule has 1 heterocycles. The van der Waals surface area contributed by atoms with Crippen LogP contribution in [0.5, 0.6) is 0 Å². The zero-order valence-corrected chi connectivity index (χ0v) is 13.5. The van der Waals surface area contributed by atoms with Gasteiger partial charge in [0.05, 0.1) is 10.2 Å². The molecule has 2 aromatic rings. The third kappa shape index (κ3) is 3.10. The fourth-order valence-electron chi connectivity index (χ4n) is 2.11. The molecule has 0 bridgehead atoms. The minimum atomic E-state index is -0.199. The topological polar surface area (TPSA) is 46.9 Å².